The van der Waals surface area contributed by atoms with Crippen LogP contribution in [0.2, 0.25) is 0 Å². The highest BCUT2D eigenvalue weighted by molar-refractivity contribution is 5.97. The molecule has 2 N–H and O–H groups in total. The summed E-state index contributed by atoms with van der Waals surface area (Å²) in [5.74, 6) is 1.09. The number of carbonyl (C=O) groups excluding carboxylic acids is 1. The fourth-order valence-electron chi connectivity index (χ4n) is 3.01. The van der Waals surface area contributed by atoms with E-state index in [-0.39, 0.29) is 5.91 Å². The first kappa shape index (κ1) is 18.4. The van der Waals surface area contributed by atoms with Crippen molar-refractivity contribution in [2.24, 2.45) is 0 Å². The van der Waals surface area contributed by atoms with E-state index >= 15 is 0 Å². The smallest absolute Gasteiger partial charge is 0.256 e. The van der Waals surface area contributed by atoms with Gasteiger partial charge in [0.1, 0.15) is 11.4 Å². The third kappa shape index (κ3) is 4.03. The van der Waals surface area contributed by atoms with Crippen LogP contribution in [0.1, 0.15) is 24.0 Å². The molecule has 0 bridgehead atoms. The highest BCUT2D eigenvalue weighted by Crippen LogP contribution is 2.26. The number of benzene rings is 1. The molecule has 0 saturated carbocycles. The molecule has 1 amide bonds. The predicted molar refractivity (Wildman–Crippen MR) is 101 cm³/mol. The number of nitrogens with zero attached hydrogens (tertiary/aromatic N) is 1. The van der Waals surface area contributed by atoms with E-state index in [1.807, 2.05) is 25.1 Å². The fourth-order valence-corrected chi connectivity index (χ4v) is 3.01. The third-order valence-electron chi connectivity index (χ3n) is 4.91. The molecule has 3 rings (SSSR count). The van der Waals surface area contributed by atoms with Crippen LogP contribution in [0.5, 0.6) is 11.6 Å². The number of amides is 1. The van der Waals surface area contributed by atoms with Gasteiger partial charge in [-0.2, -0.15) is 0 Å². The van der Waals surface area contributed by atoms with Crippen LogP contribution in [0.4, 0.5) is 5.69 Å². The van der Waals surface area contributed by atoms with Crippen molar-refractivity contribution in [1.29, 1.82) is 0 Å². The maximum absolute atomic E-state index is 12.6. The molecule has 6 nitrogen and oxygen atoms in total. The number of pyridine rings is 1. The van der Waals surface area contributed by atoms with Crippen molar-refractivity contribution in [3.8, 4) is 11.6 Å². The Morgan fingerprint density at radius 3 is 2.54 bits per heavy atom. The standard InChI is InChI=1S/C20H25N3O3/c1-14-4-6-17(12-15(14)2)26-18-7-5-16(13-22-18)23-19(24)20(25-3)8-10-21-11-9-20/h4-7,12-13,21H,8-11H2,1-3H3,(H,23,24). The number of hydrogen-bond acceptors (Lipinski definition) is 5. The molecular formula is C20H25N3O3. The lowest BCUT2D eigenvalue weighted by atomic mass is 9.91. The van der Waals surface area contributed by atoms with E-state index in [0.29, 0.717) is 24.4 Å². The number of rotatable bonds is 5. The zero-order valence-electron chi connectivity index (χ0n) is 15.5. The average molecular weight is 355 g/mol. The Morgan fingerprint density at radius 1 is 1.15 bits per heavy atom. The summed E-state index contributed by atoms with van der Waals surface area (Å²) in [6.07, 6.45) is 2.90. The van der Waals surface area contributed by atoms with Crippen LogP contribution in [0.15, 0.2) is 36.5 Å². The first-order chi connectivity index (χ1) is 12.5. The molecule has 2 aromatic rings. The Kier molecular flexibility index (Phi) is 5.54. The maximum Gasteiger partial charge on any atom is 0.256 e. The van der Waals surface area contributed by atoms with E-state index in [1.165, 1.54) is 11.1 Å². The maximum atomic E-state index is 12.6. The fraction of sp³-hybridized carbons (Fsp3) is 0.400. The summed E-state index contributed by atoms with van der Waals surface area (Å²) in [6.45, 7) is 5.63. The van der Waals surface area contributed by atoms with E-state index in [0.717, 1.165) is 18.8 Å². The molecule has 138 valence electrons. The highest BCUT2D eigenvalue weighted by atomic mass is 16.5. The van der Waals surface area contributed by atoms with E-state index in [4.69, 9.17) is 9.47 Å². The van der Waals surface area contributed by atoms with Crippen molar-refractivity contribution in [3.63, 3.8) is 0 Å². The third-order valence-corrected chi connectivity index (χ3v) is 4.91. The zero-order chi connectivity index (χ0) is 18.6. The molecule has 0 atom stereocenters. The Bertz CT molecular complexity index is 768. The SMILES string of the molecule is COC1(C(=O)Nc2ccc(Oc3ccc(C)c(C)c3)nc2)CCNCC1. The molecule has 2 heterocycles. The van der Waals surface area contributed by atoms with Gasteiger partial charge < -0.3 is 20.1 Å². The summed E-state index contributed by atoms with van der Waals surface area (Å²) < 4.78 is 11.3. The number of aryl methyl sites for hydroxylation is 2. The minimum atomic E-state index is -0.778. The zero-order valence-corrected chi connectivity index (χ0v) is 15.5. The Balaban J connectivity index is 1.65. The quantitative estimate of drug-likeness (QED) is 0.862. The normalized spacial score (nSPS) is 16.1. The molecule has 0 spiro atoms. The van der Waals surface area contributed by atoms with Gasteiger partial charge >= 0.3 is 0 Å². The minimum absolute atomic E-state index is 0.133. The number of carbonyl (C=O) groups is 1. The molecule has 0 aliphatic carbocycles. The van der Waals surface area contributed by atoms with Crippen LogP contribution >= 0.6 is 0 Å². The summed E-state index contributed by atoms with van der Waals surface area (Å²) >= 11 is 0. The first-order valence-corrected chi connectivity index (χ1v) is 8.81. The minimum Gasteiger partial charge on any atom is -0.439 e. The second-order valence-electron chi connectivity index (χ2n) is 6.64. The van der Waals surface area contributed by atoms with E-state index < -0.39 is 5.60 Å². The number of hydrogen-bond donors (Lipinski definition) is 2. The van der Waals surface area contributed by atoms with Crippen LogP contribution in [0.3, 0.4) is 0 Å². The molecule has 6 heteroatoms. The Labute approximate surface area is 153 Å². The van der Waals surface area contributed by atoms with E-state index in [9.17, 15) is 4.79 Å². The van der Waals surface area contributed by atoms with Gasteiger partial charge in [0.15, 0.2) is 0 Å². The molecule has 1 aromatic heterocycles. The number of methoxy groups -OCH3 is 1. The number of nitrogens with one attached hydrogen (secondary N) is 2. The molecule has 1 aliphatic rings. The van der Waals surface area contributed by atoms with Crippen LogP contribution in [0.25, 0.3) is 0 Å². The summed E-state index contributed by atoms with van der Waals surface area (Å²) in [7, 11) is 1.59. The lowest BCUT2D eigenvalue weighted by molar-refractivity contribution is -0.140. The number of anilines is 1. The van der Waals surface area contributed by atoms with Crippen molar-refractivity contribution in [3.05, 3.63) is 47.7 Å². The Hall–Kier alpha value is -2.44. The topological polar surface area (TPSA) is 72.5 Å². The van der Waals surface area contributed by atoms with Gasteiger partial charge in [-0.25, -0.2) is 4.98 Å². The van der Waals surface area contributed by atoms with Gasteiger partial charge in [-0.1, -0.05) is 6.07 Å². The molecule has 1 aromatic carbocycles. The van der Waals surface area contributed by atoms with Crippen molar-refractivity contribution >= 4 is 11.6 Å². The summed E-state index contributed by atoms with van der Waals surface area (Å²) in [6, 6.07) is 9.44. The monoisotopic (exact) mass is 355 g/mol. The number of piperidine rings is 1. The van der Waals surface area contributed by atoms with Crippen molar-refractivity contribution < 1.29 is 14.3 Å². The summed E-state index contributed by atoms with van der Waals surface area (Å²) in [4.78, 5) is 16.9. The van der Waals surface area contributed by atoms with Crippen molar-refractivity contribution in [2.45, 2.75) is 32.3 Å². The van der Waals surface area contributed by atoms with Gasteiger partial charge in [0, 0.05) is 13.2 Å². The molecule has 26 heavy (non-hydrogen) atoms. The molecule has 1 saturated heterocycles. The lowest BCUT2D eigenvalue weighted by Crippen LogP contribution is -2.51. The Morgan fingerprint density at radius 2 is 1.92 bits per heavy atom. The van der Waals surface area contributed by atoms with Gasteiger partial charge in [-0.15, -0.1) is 0 Å². The van der Waals surface area contributed by atoms with Gasteiger partial charge in [-0.05, 0) is 69.1 Å². The summed E-state index contributed by atoms with van der Waals surface area (Å²) in [5, 5.41) is 6.14. The highest BCUT2D eigenvalue weighted by Gasteiger charge is 2.39. The van der Waals surface area contributed by atoms with Crippen LogP contribution in [-0.2, 0) is 9.53 Å². The van der Waals surface area contributed by atoms with Gasteiger partial charge in [0.05, 0.1) is 11.9 Å². The molecule has 0 unspecified atom stereocenters. The van der Waals surface area contributed by atoms with Gasteiger partial charge in [-0.3, -0.25) is 4.79 Å². The second kappa shape index (κ2) is 7.85. The number of ether oxygens (including phenoxy) is 2. The predicted octanol–water partition coefficient (Wildman–Crippen LogP) is 3.20. The van der Waals surface area contributed by atoms with Crippen LogP contribution in [-0.4, -0.2) is 36.7 Å². The van der Waals surface area contributed by atoms with Crippen molar-refractivity contribution in [2.75, 3.05) is 25.5 Å². The molecule has 0 radical (unpaired) electrons. The van der Waals surface area contributed by atoms with Crippen LogP contribution in [0, 0.1) is 13.8 Å². The first-order valence-electron chi connectivity index (χ1n) is 8.81. The number of aromatic nitrogens is 1. The lowest BCUT2D eigenvalue weighted by Gasteiger charge is -2.34. The van der Waals surface area contributed by atoms with Crippen molar-refractivity contribution in [1.82, 2.24) is 10.3 Å². The average Bonchev–Trinajstić information content (AvgIpc) is 2.67. The molecule has 1 aliphatic heterocycles. The molecular weight excluding hydrogens is 330 g/mol. The van der Waals surface area contributed by atoms with Gasteiger partial charge in [0.25, 0.3) is 5.91 Å². The largest absolute Gasteiger partial charge is 0.439 e. The summed E-state index contributed by atoms with van der Waals surface area (Å²) in [5.41, 5.74) is 2.23. The van der Waals surface area contributed by atoms with Gasteiger partial charge in [0.2, 0.25) is 5.88 Å². The van der Waals surface area contributed by atoms with E-state index in [2.05, 4.69) is 22.5 Å². The molecule has 1 fully saturated rings. The second-order valence-corrected chi connectivity index (χ2v) is 6.64. The van der Waals surface area contributed by atoms with Crippen LogP contribution < -0.4 is 15.4 Å². The van der Waals surface area contributed by atoms with E-state index in [1.54, 1.807) is 25.4 Å².